The summed E-state index contributed by atoms with van der Waals surface area (Å²) in [6, 6.07) is 2.15. The lowest BCUT2D eigenvalue weighted by Crippen LogP contribution is -2.21. The summed E-state index contributed by atoms with van der Waals surface area (Å²) in [5, 5.41) is 8.58. The molecule has 1 saturated heterocycles. The monoisotopic (exact) mass is 137 g/mol. The van der Waals surface area contributed by atoms with Crippen LogP contribution in [0.5, 0.6) is 0 Å². The van der Waals surface area contributed by atoms with Gasteiger partial charge in [0, 0.05) is 0 Å². The molecule has 0 aliphatic carbocycles. The molecule has 0 aromatic heterocycles. The molecular weight excluding hydrogens is 130 g/mol. The lowest BCUT2D eigenvalue weighted by atomic mass is 10.1. The third-order valence-electron chi connectivity index (χ3n) is 1.86. The fourth-order valence-corrected chi connectivity index (χ4v) is 1.30. The first kappa shape index (κ1) is 5.75. The number of nitrogens with zero attached hydrogens (tertiary/aromatic N) is 1. The van der Waals surface area contributed by atoms with E-state index in [0.29, 0.717) is 6.61 Å². The second-order valence-electron chi connectivity index (χ2n) is 2.46. The quantitative estimate of drug-likeness (QED) is 0.486. The Bertz CT molecular complexity index is 206. The Morgan fingerprint density at radius 2 is 2.50 bits per heavy atom. The molecule has 0 bridgehead atoms. The highest BCUT2D eigenvalue weighted by molar-refractivity contribution is 5.08. The molecule has 1 fully saturated rings. The highest BCUT2D eigenvalue weighted by atomic mass is 16.6. The standard InChI is InChI=1S/C7H7NO2/c8-3-5-4-10-6-1-2-9-7(5)6/h1-2,5-7H,4H2/t5-,6-,7-/m1/s1. The van der Waals surface area contributed by atoms with Gasteiger partial charge in [-0.3, -0.25) is 0 Å². The van der Waals surface area contributed by atoms with Crippen molar-refractivity contribution in [2.75, 3.05) is 6.61 Å². The Labute approximate surface area is 58.8 Å². The number of hydrogen-bond donors (Lipinski definition) is 0. The van der Waals surface area contributed by atoms with Gasteiger partial charge in [-0.05, 0) is 6.08 Å². The van der Waals surface area contributed by atoms with E-state index in [0.717, 1.165) is 0 Å². The summed E-state index contributed by atoms with van der Waals surface area (Å²) >= 11 is 0. The summed E-state index contributed by atoms with van der Waals surface area (Å²) in [5.41, 5.74) is 0. The molecule has 0 radical (unpaired) electrons. The van der Waals surface area contributed by atoms with Gasteiger partial charge in [-0.1, -0.05) is 0 Å². The van der Waals surface area contributed by atoms with Gasteiger partial charge in [-0.15, -0.1) is 0 Å². The predicted octanol–water partition coefficient (Wildman–Crippen LogP) is 0.437. The maximum atomic E-state index is 8.58. The van der Waals surface area contributed by atoms with E-state index in [2.05, 4.69) is 6.07 Å². The fraction of sp³-hybridized carbons (Fsp3) is 0.571. The van der Waals surface area contributed by atoms with E-state index in [-0.39, 0.29) is 18.1 Å². The summed E-state index contributed by atoms with van der Waals surface area (Å²) in [4.78, 5) is 0. The van der Waals surface area contributed by atoms with Crippen LogP contribution < -0.4 is 0 Å². The molecule has 0 saturated carbocycles. The van der Waals surface area contributed by atoms with E-state index in [1.807, 2.05) is 6.08 Å². The van der Waals surface area contributed by atoms with Gasteiger partial charge in [-0.2, -0.15) is 5.26 Å². The topological polar surface area (TPSA) is 42.2 Å². The van der Waals surface area contributed by atoms with E-state index >= 15 is 0 Å². The van der Waals surface area contributed by atoms with E-state index < -0.39 is 0 Å². The van der Waals surface area contributed by atoms with Crippen LogP contribution in [0.4, 0.5) is 0 Å². The maximum absolute atomic E-state index is 8.58. The molecule has 10 heavy (non-hydrogen) atoms. The van der Waals surface area contributed by atoms with Crippen molar-refractivity contribution in [3.8, 4) is 6.07 Å². The van der Waals surface area contributed by atoms with Crippen LogP contribution in [0.2, 0.25) is 0 Å². The first-order valence-corrected chi connectivity index (χ1v) is 3.25. The SMILES string of the molecule is N#C[C@@H]1CO[C@@H]2C=CO[C@H]12. The summed E-state index contributed by atoms with van der Waals surface area (Å²) in [6.07, 6.45) is 3.45. The van der Waals surface area contributed by atoms with Crippen molar-refractivity contribution in [3.63, 3.8) is 0 Å². The maximum Gasteiger partial charge on any atom is 0.146 e. The van der Waals surface area contributed by atoms with Gasteiger partial charge in [0.05, 0.1) is 18.9 Å². The van der Waals surface area contributed by atoms with Crippen LogP contribution in [0.3, 0.4) is 0 Å². The molecule has 0 N–H and O–H groups in total. The van der Waals surface area contributed by atoms with Crippen molar-refractivity contribution in [2.24, 2.45) is 5.92 Å². The predicted molar refractivity (Wildman–Crippen MR) is 32.9 cm³/mol. The summed E-state index contributed by atoms with van der Waals surface area (Å²) in [6.45, 7) is 0.510. The Balaban J connectivity index is 2.14. The van der Waals surface area contributed by atoms with Crippen LogP contribution in [0, 0.1) is 17.2 Å². The Kier molecular flexibility index (Phi) is 1.15. The lowest BCUT2D eigenvalue weighted by Gasteiger charge is -2.08. The third-order valence-corrected chi connectivity index (χ3v) is 1.86. The van der Waals surface area contributed by atoms with Crippen LogP contribution in [0.15, 0.2) is 12.3 Å². The molecule has 52 valence electrons. The minimum atomic E-state index is -0.0833. The van der Waals surface area contributed by atoms with Crippen LogP contribution in [-0.4, -0.2) is 18.8 Å². The lowest BCUT2D eigenvalue weighted by molar-refractivity contribution is 0.0880. The van der Waals surface area contributed by atoms with Crippen molar-refractivity contribution < 1.29 is 9.47 Å². The number of ether oxygens (including phenoxy) is 2. The average Bonchev–Trinajstić information content (AvgIpc) is 2.44. The normalized spacial score (nSPS) is 42.5. The fourth-order valence-electron chi connectivity index (χ4n) is 1.30. The molecular formula is C7H7NO2. The van der Waals surface area contributed by atoms with Gasteiger partial charge in [0.1, 0.15) is 18.1 Å². The largest absolute Gasteiger partial charge is 0.494 e. The average molecular weight is 137 g/mol. The molecule has 0 aromatic carbocycles. The molecule has 2 aliphatic rings. The molecule has 0 amide bonds. The molecule has 0 spiro atoms. The van der Waals surface area contributed by atoms with Gasteiger partial charge in [0.2, 0.25) is 0 Å². The van der Waals surface area contributed by atoms with Crippen LogP contribution in [0.1, 0.15) is 0 Å². The highest BCUT2D eigenvalue weighted by Gasteiger charge is 2.39. The smallest absolute Gasteiger partial charge is 0.146 e. The van der Waals surface area contributed by atoms with Gasteiger partial charge in [0.25, 0.3) is 0 Å². The molecule has 2 rings (SSSR count). The Morgan fingerprint density at radius 1 is 1.60 bits per heavy atom. The van der Waals surface area contributed by atoms with Crippen molar-refractivity contribution in [3.05, 3.63) is 12.3 Å². The summed E-state index contributed by atoms with van der Waals surface area (Å²) in [5.74, 6) is -0.0833. The van der Waals surface area contributed by atoms with Crippen LogP contribution >= 0.6 is 0 Å². The van der Waals surface area contributed by atoms with E-state index in [4.69, 9.17) is 14.7 Å². The molecule has 3 heteroatoms. The highest BCUT2D eigenvalue weighted by Crippen LogP contribution is 2.27. The van der Waals surface area contributed by atoms with E-state index in [9.17, 15) is 0 Å². The molecule has 2 heterocycles. The van der Waals surface area contributed by atoms with E-state index in [1.165, 1.54) is 0 Å². The molecule has 2 aliphatic heterocycles. The third kappa shape index (κ3) is 0.628. The second-order valence-corrected chi connectivity index (χ2v) is 2.46. The minimum Gasteiger partial charge on any atom is -0.494 e. The van der Waals surface area contributed by atoms with Crippen molar-refractivity contribution in [2.45, 2.75) is 12.2 Å². The summed E-state index contributed by atoms with van der Waals surface area (Å²) in [7, 11) is 0. The minimum absolute atomic E-state index is 0.0321. The van der Waals surface area contributed by atoms with Crippen molar-refractivity contribution in [1.82, 2.24) is 0 Å². The molecule has 3 atom stereocenters. The Morgan fingerprint density at radius 3 is 3.30 bits per heavy atom. The number of rotatable bonds is 0. The van der Waals surface area contributed by atoms with Crippen LogP contribution in [0.25, 0.3) is 0 Å². The van der Waals surface area contributed by atoms with Crippen molar-refractivity contribution >= 4 is 0 Å². The van der Waals surface area contributed by atoms with Crippen LogP contribution in [-0.2, 0) is 9.47 Å². The zero-order chi connectivity index (χ0) is 6.97. The first-order valence-electron chi connectivity index (χ1n) is 3.25. The molecule has 0 aromatic rings. The Hall–Kier alpha value is -1.01. The zero-order valence-corrected chi connectivity index (χ0v) is 5.36. The molecule has 0 unspecified atom stereocenters. The van der Waals surface area contributed by atoms with Gasteiger partial charge in [0.15, 0.2) is 0 Å². The molecule has 3 nitrogen and oxygen atoms in total. The first-order chi connectivity index (χ1) is 4.92. The second kappa shape index (κ2) is 1.99. The van der Waals surface area contributed by atoms with E-state index in [1.54, 1.807) is 6.26 Å². The number of fused-ring (bicyclic) bond motifs is 1. The van der Waals surface area contributed by atoms with Gasteiger partial charge in [-0.25, -0.2) is 0 Å². The number of hydrogen-bond acceptors (Lipinski definition) is 3. The van der Waals surface area contributed by atoms with Gasteiger partial charge >= 0.3 is 0 Å². The van der Waals surface area contributed by atoms with Crippen molar-refractivity contribution in [1.29, 1.82) is 5.26 Å². The zero-order valence-electron chi connectivity index (χ0n) is 5.36. The van der Waals surface area contributed by atoms with Gasteiger partial charge < -0.3 is 9.47 Å². The summed E-state index contributed by atoms with van der Waals surface area (Å²) < 4.78 is 10.4. The number of nitriles is 1.